The number of anilines is 1. The summed E-state index contributed by atoms with van der Waals surface area (Å²) in [5.41, 5.74) is 2.94. The van der Waals surface area contributed by atoms with Crippen LogP contribution in [-0.2, 0) is 11.3 Å². The molecule has 0 atom stereocenters. The molecule has 4 aromatic rings. The van der Waals surface area contributed by atoms with E-state index < -0.39 is 0 Å². The van der Waals surface area contributed by atoms with E-state index >= 15 is 0 Å². The van der Waals surface area contributed by atoms with Crippen LogP contribution in [0.5, 0.6) is 0 Å². The van der Waals surface area contributed by atoms with Crippen molar-refractivity contribution in [3.05, 3.63) is 90.0 Å². The van der Waals surface area contributed by atoms with Gasteiger partial charge in [-0.1, -0.05) is 72.8 Å². The largest absolute Gasteiger partial charge is 0.462 e. The molecule has 0 spiro atoms. The van der Waals surface area contributed by atoms with Crippen molar-refractivity contribution >= 4 is 50.4 Å². The van der Waals surface area contributed by atoms with E-state index in [1.54, 1.807) is 0 Å². The first-order valence-corrected chi connectivity index (χ1v) is 13.5. The van der Waals surface area contributed by atoms with Gasteiger partial charge in [0.05, 0.1) is 12.2 Å². The Labute approximate surface area is 221 Å². The number of ether oxygens (including phenoxy) is 1. The van der Waals surface area contributed by atoms with Crippen LogP contribution in [0.3, 0.4) is 0 Å². The van der Waals surface area contributed by atoms with Crippen molar-refractivity contribution in [2.24, 2.45) is 0 Å². The third kappa shape index (κ3) is 5.43. The summed E-state index contributed by atoms with van der Waals surface area (Å²) in [5.74, 6) is -0.332. The first-order valence-electron chi connectivity index (χ1n) is 12.2. The number of hydrogen-bond donors (Lipinski definition) is 1. The second kappa shape index (κ2) is 11.2. The normalized spacial score (nSPS) is 14.1. The van der Waals surface area contributed by atoms with Crippen molar-refractivity contribution < 1.29 is 9.53 Å². The average Bonchev–Trinajstić information content (AvgIpc) is 3.34. The molecule has 0 bridgehead atoms. The molecule has 0 radical (unpaired) electrons. The fourth-order valence-electron chi connectivity index (χ4n) is 4.55. The number of benzene rings is 3. The number of hydrogen-bond acceptors (Lipinski definition) is 5. The van der Waals surface area contributed by atoms with E-state index in [0.717, 1.165) is 48.2 Å². The minimum atomic E-state index is -0.332. The maximum Gasteiger partial charge on any atom is 0.341 e. The highest BCUT2D eigenvalue weighted by Crippen LogP contribution is 2.36. The second-order valence-corrected chi connectivity index (χ2v) is 10.2. The van der Waals surface area contributed by atoms with Gasteiger partial charge in [0.15, 0.2) is 5.11 Å². The number of thiophene rings is 1. The summed E-state index contributed by atoms with van der Waals surface area (Å²) in [6, 6.07) is 27.0. The number of nitrogens with zero attached hydrogens (tertiary/aromatic N) is 2. The van der Waals surface area contributed by atoms with Crippen LogP contribution in [0.15, 0.2) is 78.9 Å². The average molecular weight is 516 g/mol. The van der Waals surface area contributed by atoms with Crippen LogP contribution in [0.1, 0.15) is 22.8 Å². The van der Waals surface area contributed by atoms with Crippen molar-refractivity contribution in [1.29, 1.82) is 0 Å². The minimum absolute atomic E-state index is 0.331. The molecule has 3 aromatic carbocycles. The number of thiocarbonyl (C=S) groups is 1. The summed E-state index contributed by atoms with van der Waals surface area (Å²) in [5, 5.41) is 7.33. The Bertz CT molecular complexity index is 1360. The number of fused-ring (bicyclic) bond motifs is 1. The van der Waals surface area contributed by atoms with Crippen molar-refractivity contribution in [3.8, 4) is 10.4 Å². The molecule has 0 unspecified atom stereocenters. The molecule has 1 aliphatic heterocycles. The van der Waals surface area contributed by atoms with E-state index in [0.29, 0.717) is 17.3 Å². The molecule has 1 saturated heterocycles. The van der Waals surface area contributed by atoms with E-state index in [2.05, 4.69) is 57.6 Å². The lowest BCUT2D eigenvalue weighted by Gasteiger charge is -2.36. The summed E-state index contributed by atoms with van der Waals surface area (Å²) >= 11 is 7.30. The molecular formula is C29H29N3O2S2. The van der Waals surface area contributed by atoms with E-state index in [4.69, 9.17) is 17.0 Å². The van der Waals surface area contributed by atoms with Gasteiger partial charge < -0.3 is 15.0 Å². The van der Waals surface area contributed by atoms with Gasteiger partial charge in [0, 0.05) is 37.6 Å². The minimum Gasteiger partial charge on any atom is -0.462 e. The zero-order chi connectivity index (χ0) is 24.9. The van der Waals surface area contributed by atoms with Gasteiger partial charge in [-0.2, -0.15) is 0 Å². The van der Waals surface area contributed by atoms with Crippen LogP contribution in [0.4, 0.5) is 5.00 Å². The monoisotopic (exact) mass is 515 g/mol. The first-order chi connectivity index (χ1) is 17.6. The Hall–Kier alpha value is -3.26. The quantitative estimate of drug-likeness (QED) is 0.242. The molecule has 1 aliphatic rings. The Morgan fingerprint density at radius 3 is 2.47 bits per heavy atom. The molecule has 36 heavy (non-hydrogen) atoms. The van der Waals surface area contributed by atoms with Crippen LogP contribution in [0.2, 0.25) is 0 Å². The standard InChI is InChI=1S/C29H29N3O2S2/c1-2-34-28(33)25-19-26(22-10-4-3-5-11-22)36-27(25)30-29(35)32-17-15-31(16-18-32)20-23-13-8-12-21-9-6-7-14-24(21)23/h3-14,19H,2,15-18,20H2,1H3,(H,30,35). The SMILES string of the molecule is CCOC(=O)c1cc(-c2ccccc2)sc1NC(=S)N1CCN(Cc2cccc3ccccc23)CC1. The van der Waals surface area contributed by atoms with Gasteiger partial charge in [0.1, 0.15) is 5.00 Å². The molecule has 7 heteroatoms. The molecule has 2 heterocycles. The lowest BCUT2D eigenvalue weighted by atomic mass is 10.0. The highest BCUT2D eigenvalue weighted by atomic mass is 32.1. The van der Waals surface area contributed by atoms with Crippen molar-refractivity contribution in [2.45, 2.75) is 13.5 Å². The number of rotatable bonds is 6. The number of nitrogens with one attached hydrogen (secondary N) is 1. The zero-order valence-corrected chi connectivity index (χ0v) is 21.9. The predicted molar refractivity (Wildman–Crippen MR) is 153 cm³/mol. The van der Waals surface area contributed by atoms with Crippen molar-refractivity contribution in [2.75, 3.05) is 38.1 Å². The summed E-state index contributed by atoms with van der Waals surface area (Å²) < 4.78 is 5.31. The highest BCUT2D eigenvalue weighted by Gasteiger charge is 2.23. The number of piperazine rings is 1. The van der Waals surface area contributed by atoms with Crippen LogP contribution in [0, 0.1) is 0 Å². The molecule has 1 N–H and O–H groups in total. The smallest absolute Gasteiger partial charge is 0.341 e. The zero-order valence-electron chi connectivity index (χ0n) is 20.3. The third-order valence-corrected chi connectivity index (χ3v) is 7.90. The van der Waals surface area contributed by atoms with E-state index in [1.165, 1.54) is 27.7 Å². The van der Waals surface area contributed by atoms with E-state index in [-0.39, 0.29) is 5.97 Å². The highest BCUT2D eigenvalue weighted by molar-refractivity contribution is 7.80. The van der Waals surface area contributed by atoms with Gasteiger partial charge in [0.25, 0.3) is 0 Å². The predicted octanol–water partition coefficient (Wildman–Crippen LogP) is 6.26. The van der Waals surface area contributed by atoms with Crippen LogP contribution < -0.4 is 5.32 Å². The first kappa shape index (κ1) is 24.4. The Morgan fingerprint density at radius 1 is 0.972 bits per heavy atom. The third-order valence-electron chi connectivity index (χ3n) is 6.44. The number of carbonyl (C=O) groups is 1. The van der Waals surface area contributed by atoms with Gasteiger partial charge in [-0.05, 0) is 47.1 Å². The van der Waals surface area contributed by atoms with E-state index in [1.807, 2.05) is 43.3 Å². The fourth-order valence-corrected chi connectivity index (χ4v) is 5.95. The Kier molecular flexibility index (Phi) is 7.60. The number of esters is 1. The van der Waals surface area contributed by atoms with Crippen molar-refractivity contribution in [3.63, 3.8) is 0 Å². The fraction of sp³-hybridized carbons (Fsp3) is 0.241. The van der Waals surface area contributed by atoms with Crippen molar-refractivity contribution in [1.82, 2.24) is 9.80 Å². The molecule has 0 saturated carbocycles. The van der Waals surface area contributed by atoms with Crippen LogP contribution >= 0.6 is 23.6 Å². The molecule has 1 aromatic heterocycles. The van der Waals surface area contributed by atoms with Gasteiger partial charge in [0.2, 0.25) is 0 Å². The van der Waals surface area contributed by atoms with Gasteiger partial charge in [-0.15, -0.1) is 11.3 Å². The lowest BCUT2D eigenvalue weighted by Crippen LogP contribution is -2.49. The lowest BCUT2D eigenvalue weighted by molar-refractivity contribution is 0.0528. The molecule has 0 aliphatic carbocycles. The summed E-state index contributed by atoms with van der Waals surface area (Å²) in [7, 11) is 0. The topological polar surface area (TPSA) is 44.8 Å². The van der Waals surface area contributed by atoms with Gasteiger partial charge in [-0.3, -0.25) is 4.90 Å². The maximum atomic E-state index is 12.7. The molecular weight excluding hydrogens is 486 g/mol. The second-order valence-electron chi connectivity index (χ2n) is 8.77. The molecule has 5 rings (SSSR count). The van der Waals surface area contributed by atoms with Crippen LogP contribution in [-0.4, -0.2) is 53.7 Å². The number of carbonyl (C=O) groups excluding carboxylic acids is 1. The summed E-state index contributed by atoms with van der Waals surface area (Å²) in [6.07, 6.45) is 0. The Balaban J connectivity index is 1.25. The Morgan fingerprint density at radius 2 is 1.69 bits per heavy atom. The van der Waals surface area contributed by atoms with Gasteiger partial charge >= 0.3 is 5.97 Å². The molecule has 184 valence electrons. The van der Waals surface area contributed by atoms with Gasteiger partial charge in [-0.25, -0.2) is 4.79 Å². The summed E-state index contributed by atoms with van der Waals surface area (Å²) in [4.78, 5) is 18.3. The van der Waals surface area contributed by atoms with Crippen LogP contribution in [0.25, 0.3) is 21.2 Å². The molecule has 1 fully saturated rings. The molecule has 0 amide bonds. The maximum absolute atomic E-state index is 12.7. The summed E-state index contributed by atoms with van der Waals surface area (Å²) in [6.45, 7) is 6.60. The molecule has 5 nitrogen and oxygen atoms in total. The van der Waals surface area contributed by atoms with E-state index in [9.17, 15) is 4.79 Å².